The fraction of sp³-hybridized carbons (Fsp3) is 0.364. The van der Waals surface area contributed by atoms with Crippen LogP contribution in [0.3, 0.4) is 0 Å². The van der Waals surface area contributed by atoms with Crippen molar-refractivity contribution >= 4 is 17.4 Å². The maximum Gasteiger partial charge on any atom is 0.167 e. The molecule has 0 saturated carbocycles. The lowest BCUT2D eigenvalue weighted by Gasteiger charge is -2.09. The zero-order chi connectivity index (χ0) is 9.68. The summed E-state index contributed by atoms with van der Waals surface area (Å²) in [6.07, 6.45) is 0.803. The number of alkyl halides is 1. The van der Waals surface area contributed by atoms with Crippen LogP contribution in [0.15, 0.2) is 30.3 Å². The number of carbonyl (C=O) groups is 1. The highest BCUT2D eigenvalue weighted by molar-refractivity contribution is 6.20. The third-order valence-electron chi connectivity index (χ3n) is 2.11. The number of rotatable bonds is 4. The predicted octanol–water partition coefficient (Wildman–Crippen LogP) is 3.13. The molecular formula is C11H13ClO. The number of ketones is 1. The third kappa shape index (κ3) is 2.56. The molecule has 1 nitrogen and oxygen atoms in total. The first kappa shape index (κ1) is 10.3. The van der Waals surface area contributed by atoms with Gasteiger partial charge < -0.3 is 0 Å². The lowest BCUT2D eigenvalue weighted by atomic mass is 9.97. The van der Waals surface area contributed by atoms with Crippen LogP contribution in [-0.4, -0.2) is 11.7 Å². The zero-order valence-electron chi connectivity index (χ0n) is 7.66. The molecule has 0 aliphatic heterocycles. The van der Waals surface area contributed by atoms with Crippen molar-refractivity contribution in [3.63, 3.8) is 0 Å². The molecule has 0 spiro atoms. The van der Waals surface area contributed by atoms with Gasteiger partial charge in [0.05, 0.1) is 0 Å². The fourth-order valence-corrected chi connectivity index (χ4v) is 1.56. The number of benzene rings is 1. The van der Waals surface area contributed by atoms with E-state index >= 15 is 0 Å². The second-order valence-corrected chi connectivity index (χ2v) is 3.30. The molecule has 1 aromatic rings. The first-order valence-corrected chi connectivity index (χ1v) is 4.98. The summed E-state index contributed by atoms with van der Waals surface area (Å²) >= 11 is 5.69. The minimum absolute atomic E-state index is 0.0379. The van der Waals surface area contributed by atoms with Gasteiger partial charge >= 0.3 is 0 Å². The van der Waals surface area contributed by atoms with Crippen molar-refractivity contribution in [1.29, 1.82) is 0 Å². The number of hydrogen-bond acceptors (Lipinski definition) is 1. The van der Waals surface area contributed by atoms with Gasteiger partial charge in [0.2, 0.25) is 0 Å². The van der Waals surface area contributed by atoms with Gasteiger partial charge in [-0.1, -0.05) is 37.3 Å². The van der Waals surface area contributed by atoms with E-state index < -0.39 is 0 Å². The molecule has 2 heteroatoms. The van der Waals surface area contributed by atoms with Gasteiger partial charge in [0, 0.05) is 17.4 Å². The molecule has 0 heterocycles. The van der Waals surface area contributed by atoms with Gasteiger partial charge in [-0.05, 0) is 6.42 Å². The van der Waals surface area contributed by atoms with E-state index in [0.717, 1.165) is 12.0 Å². The largest absolute Gasteiger partial charge is 0.294 e. The quantitative estimate of drug-likeness (QED) is 0.534. The van der Waals surface area contributed by atoms with Crippen molar-refractivity contribution in [2.24, 2.45) is 5.92 Å². The molecule has 0 saturated heterocycles. The number of halogens is 1. The Morgan fingerprint density at radius 2 is 2.00 bits per heavy atom. The van der Waals surface area contributed by atoms with Gasteiger partial charge in [0.1, 0.15) is 0 Å². The van der Waals surface area contributed by atoms with Crippen LogP contribution in [0.1, 0.15) is 23.7 Å². The normalized spacial score (nSPS) is 12.5. The van der Waals surface area contributed by atoms with Crippen molar-refractivity contribution in [2.75, 3.05) is 5.88 Å². The number of carbonyl (C=O) groups excluding carboxylic acids is 1. The maximum atomic E-state index is 11.7. The van der Waals surface area contributed by atoms with Gasteiger partial charge in [0.15, 0.2) is 5.78 Å². The molecule has 1 unspecified atom stereocenters. The molecule has 13 heavy (non-hydrogen) atoms. The molecule has 0 N–H and O–H groups in total. The summed E-state index contributed by atoms with van der Waals surface area (Å²) in [7, 11) is 0. The smallest absolute Gasteiger partial charge is 0.167 e. The van der Waals surface area contributed by atoms with Crippen molar-refractivity contribution < 1.29 is 4.79 Å². The summed E-state index contributed by atoms with van der Waals surface area (Å²) in [5.74, 6) is 0.520. The topological polar surface area (TPSA) is 17.1 Å². The van der Waals surface area contributed by atoms with Crippen LogP contribution in [0.4, 0.5) is 0 Å². The van der Waals surface area contributed by atoms with Crippen molar-refractivity contribution in [3.8, 4) is 0 Å². The lowest BCUT2D eigenvalue weighted by Crippen LogP contribution is -2.15. The van der Waals surface area contributed by atoms with E-state index in [9.17, 15) is 4.79 Å². The molecule has 70 valence electrons. The maximum absolute atomic E-state index is 11.7. The summed E-state index contributed by atoms with van der Waals surface area (Å²) in [5.41, 5.74) is 0.759. The summed E-state index contributed by atoms with van der Waals surface area (Å²) in [6.45, 7) is 1.98. The van der Waals surface area contributed by atoms with Gasteiger partial charge in [-0.25, -0.2) is 0 Å². The van der Waals surface area contributed by atoms with E-state index in [1.54, 1.807) is 0 Å². The summed E-state index contributed by atoms with van der Waals surface area (Å²) in [6, 6.07) is 9.30. The highest BCUT2D eigenvalue weighted by Gasteiger charge is 2.16. The summed E-state index contributed by atoms with van der Waals surface area (Å²) in [4.78, 5) is 11.7. The van der Waals surface area contributed by atoms with Crippen LogP contribution in [0, 0.1) is 5.92 Å². The summed E-state index contributed by atoms with van der Waals surface area (Å²) in [5, 5.41) is 0. The van der Waals surface area contributed by atoms with Gasteiger partial charge in [0.25, 0.3) is 0 Å². The Labute approximate surface area is 83.7 Å². The predicted molar refractivity (Wildman–Crippen MR) is 55.3 cm³/mol. The highest BCUT2D eigenvalue weighted by Crippen LogP contribution is 2.13. The molecule has 0 aliphatic carbocycles. The van der Waals surface area contributed by atoms with E-state index in [4.69, 9.17) is 11.6 Å². The molecule has 0 amide bonds. The van der Waals surface area contributed by atoms with E-state index in [1.165, 1.54) is 0 Å². The molecule has 1 aromatic carbocycles. The van der Waals surface area contributed by atoms with Crippen LogP contribution >= 0.6 is 11.6 Å². The minimum Gasteiger partial charge on any atom is -0.294 e. The Kier molecular flexibility index (Phi) is 3.97. The van der Waals surface area contributed by atoms with E-state index in [1.807, 2.05) is 37.3 Å². The van der Waals surface area contributed by atoms with Crippen molar-refractivity contribution in [3.05, 3.63) is 35.9 Å². The molecule has 1 rings (SSSR count). The number of Topliss-reactive ketones (excluding diaryl/α,β-unsaturated/α-hetero) is 1. The zero-order valence-corrected chi connectivity index (χ0v) is 8.42. The summed E-state index contributed by atoms with van der Waals surface area (Å²) < 4.78 is 0. The third-order valence-corrected chi connectivity index (χ3v) is 2.48. The lowest BCUT2D eigenvalue weighted by molar-refractivity contribution is 0.0929. The molecule has 0 bridgehead atoms. The Morgan fingerprint density at radius 3 is 2.46 bits per heavy atom. The molecule has 1 atom stereocenters. The van der Waals surface area contributed by atoms with Crippen LogP contribution in [-0.2, 0) is 0 Å². The minimum atomic E-state index is -0.0379. The van der Waals surface area contributed by atoms with Crippen LogP contribution in [0.5, 0.6) is 0 Å². The first-order valence-electron chi connectivity index (χ1n) is 4.44. The Hall–Kier alpha value is -0.820. The monoisotopic (exact) mass is 196 g/mol. The molecular weight excluding hydrogens is 184 g/mol. The average molecular weight is 197 g/mol. The second kappa shape index (κ2) is 5.03. The Bertz CT molecular complexity index is 265. The van der Waals surface area contributed by atoms with Gasteiger partial charge in [-0.3, -0.25) is 4.79 Å². The second-order valence-electron chi connectivity index (χ2n) is 2.99. The molecule has 0 aromatic heterocycles. The average Bonchev–Trinajstić information content (AvgIpc) is 2.21. The van der Waals surface area contributed by atoms with E-state index in [2.05, 4.69) is 0 Å². The standard InChI is InChI=1S/C11H13ClO/c1-2-9(8-12)11(13)10-6-4-3-5-7-10/h3-7,9H,2,8H2,1H3. The van der Waals surface area contributed by atoms with Gasteiger partial charge in [-0.2, -0.15) is 0 Å². The first-order chi connectivity index (χ1) is 6.29. The molecule has 0 fully saturated rings. The van der Waals surface area contributed by atoms with Crippen LogP contribution < -0.4 is 0 Å². The van der Waals surface area contributed by atoms with E-state index in [-0.39, 0.29) is 11.7 Å². The SMILES string of the molecule is CCC(CCl)C(=O)c1ccccc1. The van der Waals surface area contributed by atoms with Crippen LogP contribution in [0.2, 0.25) is 0 Å². The highest BCUT2D eigenvalue weighted by atomic mass is 35.5. The van der Waals surface area contributed by atoms with E-state index in [0.29, 0.717) is 5.88 Å². The van der Waals surface area contributed by atoms with Gasteiger partial charge in [-0.15, -0.1) is 11.6 Å². The van der Waals surface area contributed by atoms with Crippen LogP contribution in [0.25, 0.3) is 0 Å². The molecule has 0 radical (unpaired) electrons. The Morgan fingerprint density at radius 1 is 1.38 bits per heavy atom. The van der Waals surface area contributed by atoms with Crippen molar-refractivity contribution in [2.45, 2.75) is 13.3 Å². The molecule has 0 aliphatic rings. The Balaban J connectivity index is 2.78. The fourth-order valence-electron chi connectivity index (χ4n) is 1.20. The number of hydrogen-bond donors (Lipinski definition) is 0. The van der Waals surface area contributed by atoms with Crippen molar-refractivity contribution in [1.82, 2.24) is 0 Å².